The highest BCUT2D eigenvalue weighted by atomic mass is 32.2. The molecule has 2 aromatic carbocycles. The minimum atomic E-state index is -3.46. The molecular formula is C19H25N3O3S2. The van der Waals surface area contributed by atoms with Gasteiger partial charge in [-0.05, 0) is 61.8 Å². The SMILES string of the molecule is CCS(=O)(=O)NC(CCSC)C(=O)Nc1ccc(Nc2ccccc2)cc1. The molecule has 146 valence electrons. The van der Waals surface area contributed by atoms with Crippen LogP contribution in [0.25, 0.3) is 0 Å². The Kier molecular flexibility index (Phi) is 8.15. The minimum Gasteiger partial charge on any atom is -0.356 e. The number of nitrogens with one attached hydrogen (secondary N) is 3. The monoisotopic (exact) mass is 407 g/mol. The van der Waals surface area contributed by atoms with Crippen molar-refractivity contribution in [2.45, 2.75) is 19.4 Å². The maximum atomic E-state index is 12.5. The standard InChI is InChI=1S/C19H25N3O3S2/c1-3-27(24,25)22-18(13-14-26-2)19(23)21-17-11-9-16(10-12-17)20-15-7-5-4-6-8-15/h4-12,18,20,22H,3,13-14H2,1-2H3,(H,21,23). The van der Waals surface area contributed by atoms with E-state index in [1.54, 1.807) is 30.8 Å². The highest BCUT2D eigenvalue weighted by molar-refractivity contribution is 7.98. The number of hydrogen-bond acceptors (Lipinski definition) is 5. The smallest absolute Gasteiger partial charge is 0.242 e. The normalized spacial score (nSPS) is 12.4. The van der Waals surface area contributed by atoms with Gasteiger partial charge in [0.05, 0.1) is 5.75 Å². The van der Waals surface area contributed by atoms with Crippen LogP contribution >= 0.6 is 11.8 Å². The summed E-state index contributed by atoms with van der Waals surface area (Å²) in [5.41, 5.74) is 2.48. The molecule has 0 aromatic heterocycles. The number of carbonyl (C=O) groups excluding carboxylic acids is 1. The zero-order chi connectivity index (χ0) is 19.7. The number of anilines is 3. The molecule has 3 N–H and O–H groups in total. The second kappa shape index (κ2) is 10.3. The first-order chi connectivity index (χ1) is 12.9. The summed E-state index contributed by atoms with van der Waals surface area (Å²) in [6.45, 7) is 1.55. The van der Waals surface area contributed by atoms with E-state index in [1.165, 1.54) is 0 Å². The van der Waals surface area contributed by atoms with E-state index < -0.39 is 16.1 Å². The quantitative estimate of drug-likeness (QED) is 0.562. The van der Waals surface area contributed by atoms with Gasteiger partial charge in [0.2, 0.25) is 15.9 Å². The van der Waals surface area contributed by atoms with Gasteiger partial charge in [-0.2, -0.15) is 11.8 Å². The number of para-hydroxylation sites is 1. The Labute approximate surface area is 165 Å². The topological polar surface area (TPSA) is 87.3 Å². The van der Waals surface area contributed by atoms with Crippen LogP contribution in [0.1, 0.15) is 13.3 Å². The Morgan fingerprint density at radius 2 is 1.59 bits per heavy atom. The van der Waals surface area contributed by atoms with Gasteiger partial charge in [0.1, 0.15) is 6.04 Å². The third kappa shape index (κ3) is 7.24. The highest BCUT2D eigenvalue weighted by Crippen LogP contribution is 2.19. The van der Waals surface area contributed by atoms with E-state index in [0.29, 0.717) is 17.9 Å². The van der Waals surface area contributed by atoms with E-state index in [-0.39, 0.29) is 11.7 Å². The van der Waals surface area contributed by atoms with Gasteiger partial charge < -0.3 is 10.6 Å². The van der Waals surface area contributed by atoms with E-state index >= 15 is 0 Å². The fraction of sp³-hybridized carbons (Fsp3) is 0.316. The van der Waals surface area contributed by atoms with E-state index in [4.69, 9.17) is 0 Å². The van der Waals surface area contributed by atoms with Crippen LogP contribution in [-0.2, 0) is 14.8 Å². The van der Waals surface area contributed by atoms with Gasteiger partial charge >= 0.3 is 0 Å². The van der Waals surface area contributed by atoms with Gasteiger partial charge in [-0.1, -0.05) is 18.2 Å². The number of rotatable bonds is 10. The lowest BCUT2D eigenvalue weighted by atomic mass is 10.2. The molecule has 0 aliphatic rings. The molecule has 0 fully saturated rings. The maximum Gasteiger partial charge on any atom is 0.242 e. The van der Waals surface area contributed by atoms with Crippen molar-refractivity contribution in [1.82, 2.24) is 4.72 Å². The molecule has 0 aliphatic heterocycles. The molecule has 2 rings (SSSR count). The van der Waals surface area contributed by atoms with E-state index in [0.717, 1.165) is 11.4 Å². The molecule has 1 unspecified atom stereocenters. The van der Waals surface area contributed by atoms with Crippen molar-refractivity contribution < 1.29 is 13.2 Å². The summed E-state index contributed by atoms with van der Waals surface area (Å²) >= 11 is 1.57. The third-order valence-corrected chi connectivity index (χ3v) is 5.89. The fourth-order valence-corrected chi connectivity index (χ4v) is 3.63. The molecule has 1 atom stereocenters. The Morgan fingerprint density at radius 1 is 1.00 bits per heavy atom. The summed E-state index contributed by atoms with van der Waals surface area (Å²) in [5.74, 6) is 0.269. The molecule has 6 nitrogen and oxygen atoms in total. The van der Waals surface area contributed by atoms with Crippen molar-refractivity contribution in [3.8, 4) is 0 Å². The van der Waals surface area contributed by atoms with Crippen LogP contribution in [0.4, 0.5) is 17.1 Å². The Bertz CT molecular complexity index is 825. The van der Waals surface area contributed by atoms with E-state index in [2.05, 4.69) is 15.4 Å². The van der Waals surface area contributed by atoms with Gasteiger partial charge in [-0.25, -0.2) is 13.1 Å². The predicted molar refractivity (Wildman–Crippen MR) is 114 cm³/mol. The van der Waals surface area contributed by atoms with E-state index in [9.17, 15) is 13.2 Å². The third-order valence-electron chi connectivity index (χ3n) is 3.84. The molecule has 27 heavy (non-hydrogen) atoms. The van der Waals surface area contributed by atoms with Crippen molar-refractivity contribution in [3.05, 3.63) is 54.6 Å². The van der Waals surface area contributed by atoms with Crippen molar-refractivity contribution in [3.63, 3.8) is 0 Å². The van der Waals surface area contributed by atoms with Crippen LogP contribution in [0.2, 0.25) is 0 Å². The number of sulfonamides is 1. The summed E-state index contributed by atoms with van der Waals surface area (Å²) < 4.78 is 26.2. The summed E-state index contributed by atoms with van der Waals surface area (Å²) in [6.07, 6.45) is 2.35. The molecule has 0 saturated carbocycles. The zero-order valence-corrected chi connectivity index (χ0v) is 17.1. The molecule has 0 saturated heterocycles. The molecule has 0 radical (unpaired) electrons. The number of hydrogen-bond donors (Lipinski definition) is 3. The van der Waals surface area contributed by atoms with Crippen molar-refractivity contribution >= 4 is 44.8 Å². The zero-order valence-electron chi connectivity index (χ0n) is 15.4. The summed E-state index contributed by atoms with van der Waals surface area (Å²) in [5, 5.41) is 6.05. The first-order valence-electron chi connectivity index (χ1n) is 8.65. The van der Waals surface area contributed by atoms with Crippen LogP contribution in [0.15, 0.2) is 54.6 Å². The number of amides is 1. The average molecular weight is 408 g/mol. The van der Waals surface area contributed by atoms with Crippen LogP contribution in [0, 0.1) is 0 Å². The van der Waals surface area contributed by atoms with E-state index in [1.807, 2.05) is 48.7 Å². The highest BCUT2D eigenvalue weighted by Gasteiger charge is 2.23. The Hall–Kier alpha value is -2.03. The molecule has 0 heterocycles. The summed E-state index contributed by atoms with van der Waals surface area (Å²) in [7, 11) is -3.46. The van der Waals surface area contributed by atoms with Gasteiger partial charge in [0, 0.05) is 17.1 Å². The van der Waals surface area contributed by atoms with Crippen molar-refractivity contribution in [2.24, 2.45) is 0 Å². The largest absolute Gasteiger partial charge is 0.356 e. The molecule has 0 aliphatic carbocycles. The maximum absolute atomic E-state index is 12.5. The van der Waals surface area contributed by atoms with Crippen LogP contribution in [0.3, 0.4) is 0 Å². The molecule has 2 aromatic rings. The van der Waals surface area contributed by atoms with Crippen molar-refractivity contribution in [2.75, 3.05) is 28.4 Å². The van der Waals surface area contributed by atoms with Crippen LogP contribution < -0.4 is 15.4 Å². The number of carbonyl (C=O) groups is 1. The van der Waals surface area contributed by atoms with Gasteiger partial charge in [-0.3, -0.25) is 4.79 Å². The first-order valence-corrected chi connectivity index (χ1v) is 11.7. The molecule has 0 spiro atoms. The molecule has 8 heteroatoms. The van der Waals surface area contributed by atoms with Gasteiger partial charge in [0.15, 0.2) is 0 Å². The lowest BCUT2D eigenvalue weighted by molar-refractivity contribution is -0.117. The molecule has 1 amide bonds. The Morgan fingerprint density at radius 3 is 2.19 bits per heavy atom. The van der Waals surface area contributed by atoms with Crippen molar-refractivity contribution in [1.29, 1.82) is 0 Å². The van der Waals surface area contributed by atoms with Gasteiger partial charge in [0.25, 0.3) is 0 Å². The lowest BCUT2D eigenvalue weighted by Crippen LogP contribution is -2.44. The predicted octanol–water partition coefficient (Wildman–Crippen LogP) is 3.43. The Balaban J connectivity index is 2.01. The first kappa shape index (κ1) is 21.3. The number of benzene rings is 2. The van der Waals surface area contributed by atoms with Crippen LogP contribution in [0.5, 0.6) is 0 Å². The summed E-state index contributed by atoms with van der Waals surface area (Å²) in [4.78, 5) is 12.5. The van der Waals surface area contributed by atoms with Crippen LogP contribution in [-0.4, -0.2) is 38.1 Å². The minimum absolute atomic E-state index is 0.0596. The molecule has 0 bridgehead atoms. The number of thioether (sulfide) groups is 1. The second-order valence-electron chi connectivity index (χ2n) is 5.91. The second-order valence-corrected chi connectivity index (χ2v) is 8.94. The summed E-state index contributed by atoms with van der Waals surface area (Å²) in [6, 6.07) is 16.3. The average Bonchev–Trinajstić information content (AvgIpc) is 2.67. The van der Waals surface area contributed by atoms with Gasteiger partial charge in [-0.15, -0.1) is 0 Å². The fourth-order valence-electron chi connectivity index (χ4n) is 2.33. The molecular weight excluding hydrogens is 382 g/mol. The lowest BCUT2D eigenvalue weighted by Gasteiger charge is -2.18.